The van der Waals surface area contributed by atoms with Crippen LogP contribution in [0, 0.1) is 0 Å². The molecule has 1 heterocycles. The molecule has 0 fully saturated rings. The van der Waals surface area contributed by atoms with E-state index in [9.17, 15) is 0 Å². The smallest absolute Gasteiger partial charge is 0.0575 e. The molecule has 0 amide bonds. The molecule has 0 saturated heterocycles. The number of nitrogens with zero attached hydrogens (tertiary/aromatic N) is 2. The van der Waals surface area contributed by atoms with Crippen molar-refractivity contribution in [1.29, 1.82) is 0 Å². The first-order valence-corrected chi connectivity index (χ1v) is 4.62. The highest BCUT2D eigenvalue weighted by atomic mass is 15.1. The summed E-state index contributed by atoms with van der Waals surface area (Å²) in [5.41, 5.74) is 7.48. The van der Waals surface area contributed by atoms with E-state index in [2.05, 4.69) is 30.7 Å². The average Bonchev–Trinajstić information content (AvgIpc) is 2.04. The number of hydrogen-bond donors (Lipinski definition) is 1. The first-order chi connectivity index (χ1) is 6.15. The molecule has 0 bridgehead atoms. The molecule has 0 aliphatic carbocycles. The molecule has 3 nitrogen and oxygen atoms in total. The zero-order chi connectivity index (χ0) is 9.84. The summed E-state index contributed by atoms with van der Waals surface area (Å²) in [5.74, 6) is 0. The topological polar surface area (TPSA) is 42.2 Å². The van der Waals surface area contributed by atoms with Crippen molar-refractivity contribution >= 4 is 11.4 Å². The second-order valence-electron chi connectivity index (χ2n) is 3.36. The number of rotatable bonds is 3. The van der Waals surface area contributed by atoms with Crippen molar-refractivity contribution < 1.29 is 0 Å². The third kappa shape index (κ3) is 2.34. The fourth-order valence-corrected chi connectivity index (χ4v) is 1.45. The van der Waals surface area contributed by atoms with Gasteiger partial charge in [0, 0.05) is 18.8 Å². The van der Waals surface area contributed by atoms with Crippen LogP contribution in [0.15, 0.2) is 18.5 Å². The third-order valence-corrected chi connectivity index (χ3v) is 2.04. The number of aromatic nitrogens is 1. The van der Waals surface area contributed by atoms with Gasteiger partial charge in [0.15, 0.2) is 0 Å². The van der Waals surface area contributed by atoms with Crippen molar-refractivity contribution in [3.05, 3.63) is 18.5 Å². The Morgan fingerprint density at radius 2 is 2.15 bits per heavy atom. The Morgan fingerprint density at radius 3 is 2.62 bits per heavy atom. The Kier molecular flexibility index (Phi) is 3.12. The Balaban J connectivity index is 2.91. The lowest BCUT2D eigenvalue weighted by molar-refractivity contribution is 0.702. The van der Waals surface area contributed by atoms with Crippen LogP contribution in [0.25, 0.3) is 0 Å². The van der Waals surface area contributed by atoms with Gasteiger partial charge in [0.25, 0.3) is 0 Å². The predicted octanol–water partition coefficient (Wildman–Crippen LogP) is 1.90. The van der Waals surface area contributed by atoms with Gasteiger partial charge in [-0.15, -0.1) is 0 Å². The Morgan fingerprint density at radius 1 is 1.46 bits per heavy atom. The van der Waals surface area contributed by atoms with Crippen LogP contribution in [0.2, 0.25) is 0 Å². The minimum absolute atomic E-state index is 0.480. The maximum atomic E-state index is 5.66. The zero-order valence-electron chi connectivity index (χ0n) is 8.49. The van der Waals surface area contributed by atoms with Crippen LogP contribution in [-0.2, 0) is 0 Å². The van der Waals surface area contributed by atoms with Crippen molar-refractivity contribution in [2.75, 3.05) is 17.2 Å². The molecule has 0 aliphatic rings. The zero-order valence-corrected chi connectivity index (χ0v) is 8.49. The van der Waals surface area contributed by atoms with Crippen molar-refractivity contribution in [2.24, 2.45) is 0 Å². The van der Waals surface area contributed by atoms with Gasteiger partial charge in [-0.25, -0.2) is 0 Å². The molecule has 0 aromatic carbocycles. The van der Waals surface area contributed by atoms with Crippen molar-refractivity contribution in [3.63, 3.8) is 0 Å². The molecule has 3 heteroatoms. The van der Waals surface area contributed by atoms with Crippen LogP contribution in [0.5, 0.6) is 0 Å². The molecule has 0 saturated carbocycles. The summed E-state index contributed by atoms with van der Waals surface area (Å²) in [6.07, 6.45) is 3.51. The first kappa shape index (κ1) is 9.84. The van der Waals surface area contributed by atoms with Crippen LogP contribution in [0.3, 0.4) is 0 Å². The third-order valence-electron chi connectivity index (χ3n) is 2.04. The van der Waals surface area contributed by atoms with Gasteiger partial charge < -0.3 is 10.6 Å². The van der Waals surface area contributed by atoms with E-state index in [-0.39, 0.29) is 0 Å². The van der Waals surface area contributed by atoms with Gasteiger partial charge in [-0.3, -0.25) is 4.98 Å². The highest BCUT2D eigenvalue weighted by Crippen LogP contribution is 2.17. The molecule has 0 spiro atoms. The number of nitrogen functional groups attached to an aromatic ring is 1. The number of pyridine rings is 1. The van der Waals surface area contributed by atoms with Gasteiger partial charge in [0.1, 0.15) is 0 Å². The van der Waals surface area contributed by atoms with E-state index in [1.807, 2.05) is 12.3 Å². The van der Waals surface area contributed by atoms with E-state index in [0.717, 1.165) is 17.9 Å². The average molecular weight is 179 g/mol. The summed E-state index contributed by atoms with van der Waals surface area (Å²) >= 11 is 0. The maximum Gasteiger partial charge on any atom is 0.0575 e. The van der Waals surface area contributed by atoms with E-state index < -0.39 is 0 Å². The molecule has 72 valence electrons. The second-order valence-corrected chi connectivity index (χ2v) is 3.36. The number of nitrogens with two attached hydrogens (primary N) is 1. The molecule has 13 heavy (non-hydrogen) atoms. The van der Waals surface area contributed by atoms with Gasteiger partial charge in [-0.05, 0) is 26.8 Å². The molecule has 0 atom stereocenters. The van der Waals surface area contributed by atoms with Gasteiger partial charge in [-0.2, -0.15) is 0 Å². The normalized spacial score (nSPS) is 10.5. The van der Waals surface area contributed by atoms with Gasteiger partial charge in [0.05, 0.1) is 17.6 Å². The minimum atomic E-state index is 0.480. The van der Waals surface area contributed by atoms with Gasteiger partial charge in [-0.1, -0.05) is 0 Å². The Labute approximate surface area is 79.6 Å². The molecule has 2 N–H and O–H groups in total. The standard InChI is InChI=1S/C10H17N3/c1-4-13(8(2)3)10-5-9(11)6-12-7-10/h5-8H,4,11H2,1-3H3. The van der Waals surface area contributed by atoms with Crippen LogP contribution >= 0.6 is 0 Å². The summed E-state index contributed by atoms with van der Waals surface area (Å²) < 4.78 is 0. The fourth-order valence-electron chi connectivity index (χ4n) is 1.45. The summed E-state index contributed by atoms with van der Waals surface area (Å²) in [6.45, 7) is 7.42. The molecule has 0 aliphatic heterocycles. The highest BCUT2D eigenvalue weighted by Gasteiger charge is 2.07. The molecule has 0 unspecified atom stereocenters. The van der Waals surface area contributed by atoms with Crippen molar-refractivity contribution in [2.45, 2.75) is 26.8 Å². The number of anilines is 2. The van der Waals surface area contributed by atoms with E-state index in [4.69, 9.17) is 5.73 Å². The van der Waals surface area contributed by atoms with E-state index in [1.165, 1.54) is 0 Å². The van der Waals surface area contributed by atoms with E-state index in [1.54, 1.807) is 6.20 Å². The monoisotopic (exact) mass is 179 g/mol. The molecule has 1 aromatic rings. The summed E-state index contributed by atoms with van der Waals surface area (Å²) in [7, 11) is 0. The Bertz CT molecular complexity index is 271. The minimum Gasteiger partial charge on any atom is -0.397 e. The molecular weight excluding hydrogens is 162 g/mol. The molecule has 1 rings (SSSR count). The molecule has 0 radical (unpaired) electrons. The van der Waals surface area contributed by atoms with Gasteiger partial charge >= 0.3 is 0 Å². The molecular formula is C10H17N3. The van der Waals surface area contributed by atoms with E-state index in [0.29, 0.717) is 6.04 Å². The SMILES string of the molecule is CCN(c1cncc(N)c1)C(C)C. The van der Waals surface area contributed by atoms with Crippen molar-refractivity contribution in [3.8, 4) is 0 Å². The second kappa shape index (κ2) is 4.12. The van der Waals surface area contributed by atoms with Gasteiger partial charge in [0.2, 0.25) is 0 Å². The Hall–Kier alpha value is -1.25. The predicted molar refractivity (Wildman–Crippen MR) is 56.8 cm³/mol. The molecule has 1 aromatic heterocycles. The quantitative estimate of drug-likeness (QED) is 0.770. The number of hydrogen-bond acceptors (Lipinski definition) is 3. The van der Waals surface area contributed by atoms with Crippen LogP contribution in [0.1, 0.15) is 20.8 Å². The lowest BCUT2D eigenvalue weighted by Crippen LogP contribution is -2.30. The lowest BCUT2D eigenvalue weighted by atomic mass is 10.2. The summed E-state index contributed by atoms with van der Waals surface area (Å²) in [4.78, 5) is 6.32. The van der Waals surface area contributed by atoms with Crippen LogP contribution in [0.4, 0.5) is 11.4 Å². The summed E-state index contributed by atoms with van der Waals surface area (Å²) in [5, 5.41) is 0. The fraction of sp³-hybridized carbons (Fsp3) is 0.500. The summed E-state index contributed by atoms with van der Waals surface area (Å²) in [6, 6.07) is 2.44. The lowest BCUT2D eigenvalue weighted by Gasteiger charge is -2.27. The van der Waals surface area contributed by atoms with Crippen LogP contribution < -0.4 is 10.6 Å². The largest absolute Gasteiger partial charge is 0.397 e. The maximum absolute atomic E-state index is 5.66. The highest BCUT2D eigenvalue weighted by molar-refractivity contribution is 5.53. The van der Waals surface area contributed by atoms with Crippen LogP contribution in [-0.4, -0.2) is 17.6 Å². The first-order valence-electron chi connectivity index (χ1n) is 4.62. The van der Waals surface area contributed by atoms with E-state index >= 15 is 0 Å². The van der Waals surface area contributed by atoms with Crippen molar-refractivity contribution in [1.82, 2.24) is 4.98 Å².